The van der Waals surface area contributed by atoms with Crippen LogP contribution in [-0.4, -0.2) is 5.97 Å². The summed E-state index contributed by atoms with van der Waals surface area (Å²) in [6, 6.07) is 13.9. The molecule has 0 saturated carbocycles. The molecular weight excluding hydrogens is 271 g/mol. The Labute approximate surface area is 115 Å². The van der Waals surface area contributed by atoms with Crippen molar-refractivity contribution in [3.63, 3.8) is 0 Å². The Morgan fingerprint density at radius 3 is 2.33 bits per heavy atom. The minimum atomic E-state index is -0.356. The number of hydrogen-bond donors (Lipinski definition) is 0. The average molecular weight is 281 g/mol. The van der Waals surface area contributed by atoms with Crippen LogP contribution in [0.4, 0.5) is 0 Å². The van der Waals surface area contributed by atoms with E-state index in [1.165, 1.54) is 0 Å². The van der Waals surface area contributed by atoms with Crippen molar-refractivity contribution in [2.45, 2.75) is 6.42 Å². The molecule has 2 rings (SSSR count). The van der Waals surface area contributed by atoms with E-state index in [0.717, 1.165) is 5.56 Å². The van der Waals surface area contributed by atoms with E-state index in [1.54, 1.807) is 48.5 Å². The zero-order valence-electron chi connectivity index (χ0n) is 9.40. The number of halogens is 2. The SMILES string of the molecule is O=C(Cc1ccc(Cl)cc1)Oc1ccccc1Cl. The largest absolute Gasteiger partial charge is 0.425 e. The maximum atomic E-state index is 11.7. The molecule has 0 amide bonds. The second-order valence-electron chi connectivity index (χ2n) is 3.71. The molecule has 0 aromatic heterocycles. The van der Waals surface area contributed by atoms with Gasteiger partial charge < -0.3 is 4.74 Å². The third-order valence-electron chi connectivity index (χ3n) is 2.32. The van der Waals surface area contributed by atoms with Crippen LogP contribution >= 0.6 is 23.2 Å². The Morgan fingerprint density at radius 2 is 1.67 bits per heavy atom. The minimum absolute atomic E-state index is 0.183. The molecule has 2 aromatic rings. The van der Waals surface area contributed by atoms with Crippen molar-refractivity contribution >= 4 is 29.2 Å². The summed E-state index contributed by atoms with van der Waals surface area (Å²) in [7, 11) is 0. The summed E-state index contributed by atoms with van der Waals surface area (Å²) in [5.41, 5.74) is 0.844. The smallest absolute Gasteiger partial charge is 0.315 e. The highest BCUT2D eigenvalue weighted by Crippen LogP contribution is 2.23. The first-order valence-electron chi connectivity index (χ1n) is 5.35. The first kappa shape index (κ1) is 12.9. The number of ether oxygens (including phenoxy) is 1. The van der Waals surface area contributed by atoms with E-state index in [1.807, 2.05) is 0 Å². The Bertz CT molecular complexity index is 550. The van der Waals surface area contributed by atoms with Gasteiger partial charge in [0.15, 0.2) is 0 Å². The van der Waals surface area contributed by atoms with Crippen molar-refractivity contribution in [3.8, 4) is 5.75 Å². The van der Waals surface area contributed by atoms with Crippen LogP contribution in [0.1, 0.15) is 5.56 Å². The van der Waals surface area contributed by atoms with Crippen LogP contribution in [0.2, 0.25) is 10.0 Å². The third-order valence-corrected chi connectivity index (χ3v) is 2.89. The van der Waals surface area contributed by atoms with Crippen molar-refractivity contribution in [1.82, 2.24) is 0 Å². The zero-order chi connectivity index (χ0) is 13.0. The zero-order valence-corrected chi connectivity index (χ0v) is 10.9. The summed E-state index contributed by atoms with van der Waals surface area (Å²) in [6.45, 7) is 0. The quantitative estimate of drug-likeness (QED) is 0.624. The highest BCUT2D eigenvalue weighted by atomic mass is 35.5. The van der Waals surface area contributed by atoms with E-state index in [-0.39, 0.29) is 12.4 Å². The summed E-state index contributed by atoms with van der Waals surface area (Å²) in [4.78, 5) is 11.7. The van der Waals surface area contributed by atoms with Gasteiger partial charge in [-0.2, -0.15) is 0 Å². The van der Waals surface area contributed by atoms with Gasteiger partial charge in [0.05, 0.1) is 11.4 Å². The number of benzene rings is 2. The van der Waals surface area contributed by atoms with Crippen LogP contribution in [-0.2, 0) is 11.2 Å². The highest BCUT2D eigenvalue weighted by Gasteiger charge is 2.08. The number of carbonyl (C=O) groups excluding carboxylic acids is 1. The monoisotopic (exact) mass is 280 g/mol. The fourth-order valence-corrected chi connectivity index (χ4v) is 1.76. The number of carbonyl (C=O) groups is 1. The fourth-order valence-electron chi connectivity index (χ4n) is 1.46. The van der Waals surface area contributed by atoms with Gasteiger partial charge in [0.1, 0.15) is 5.75 Å². The van der Waals surface area contributed by atoms with Gasteiger partial charge in [-0.3, -0.25) is 4.79 Å². The van der Waals surface area contributed by atoms with Gasteiger partial charge in [0, 0.05) is 5.02 Å². The Hall–Kier alpha value is -1.51. The molecule has 0 spiro atoms. The van der Waals surface area contributed by atoms with Crippen molar-refractivity contribution in [1.29, 1.82) is 0 Å². The Morgan fingerprint density at radius 1 is 1.00 bits per heavy atom. The third kappa shape index (κ3) is 3.49. The van der Waals surface area contributed by atoms with E-state index < -0.39 is 0 Å². The van der Waals surface area contributed by atoms with Crippen molar-refractivity contribution in [2.75, 3.05) is 0 Å². The van der Waals surface area contributed by atoms with E-state index in [9.17, 15) is 4.79 Å². The standard InChI is InChI=1S/C14H10Cl2O2/c15-11-7-5-10(6-8-11)9-14(17)18-13-4-2-1-3-12(13)16/h1-8H,9H2. The summed E-state index contributed by atoms with van der Waals surface area (Å²) in [5.74, 6) is 0.0172. The van der Waals surface area contributed by atoms with Crippen LogP contribution < -0.4 is 4.74 Å². The van der Waals surface area contributed by atoms with Crippen LogP contribution in [0, 0.1) is 0 Å². The fraction of sp³-hybridized carbons (Fsp3) is 0.0714. The molecule has 2 nitrogen and oxygen atoms in total. The lowest BCUT2D eigenvalue weighted by Crippen LogP contribution is -2.11. The average Bonchev–Trinajstić information content (AvgIpc) is 2.35. The predicted octanol–water partition coefficient (Wildman–Crippen LogP) is 4.14. The van der Waals surface area contributed by atoms with Gasteiger partial charge in [-0.1, -0.05) is 47.5 Å². The van der Waals surface area contributed by atoms with Gasteiger partial charge in [-0.05, 0) is 29.8 Å². The summed E-state index contributed by atoms with van der Waals surface area (Å²) < 4.78 is 5.18. The van der Waals surface area contributed by atoms with E-state index in [4.69, 9.17) is 27.9 Å². The maximum absolute atomic E-state index is 11.7. The predicted molar refractivity (Wildman–Crippen MR) is 72.2 cm³/mol. The molecule has 0 fully saturated rings. The maximum Gasteiger partial charge on any atom is 0.315 e. The van der Waals surface area contributed by atoms with Crippen LogP contribution in [0.25, 0.3) is 0 Å². The Kier molecular flexibility index (Phi) is 4.24. The lowest BCUT2D eigenvalue weighted by atomic mass is 10.1. The molecule has 0 aliphatic rings. The van der Waals surface area contributed by atoms with Crippen LogP contribution in [0.15, 0.2) is 48.5 Å². The van der Waals surface area contributed by atoms with Crippen molar-refractivity contribution in [3.05, 3.63) is 64.1 Å². The summed E-state index contributed by atoms with van der Waals surface area (Å²) >= 11 is 11.7. The minimum Gasteiger partial charge on any atom is -0.425 e. The summed E-state index contributed by atoms with van der Waals surface area (Å²) in [5, 5.41) is 1.06. The molecule has 0 aliphatic heterocycles. The van der Waals surface area contributed by atoms with E-state index >= 15 is 0 Å². The molecule has 0 bridgehead atoms. The van der Waals surface area contributed by atoms with Gasteiger partial charge in [-0.15, -0.1) is 0 Å². The number of hydrogen-bond acceptors (Lipinski definition) is 2. The molecule has 0 aliphatic carbocycles. The topological polar surface area (TPSA) is 26.3 Å². The first-order chi connectivity index (χ1) is 8.65. The normalized spacial score (nSPS) is 10.1. The van der Waals surface area contributed by atoms with Crippen molar-refractivity contribution in [2.24, 2.45) is 0 Å². The second-order valence-corrected chi connectivity index (χ2v) is 4.55. The molecule has 4 heteroatoms. The summed E-state index contributed by atoms with van der Waals surface area (Å²) in [6.07, 6.45) is 0.183. The number of para-hydroxylation sites is 1. The molecule has 0 saturated heterocycles. The number of esters is 1. The van der Waals surface area contributed by atoms with Gasteiger partial charge >= 0.3 is 5.97 Å². The lowest BCUT2D eigenvalue weighted by molar-refractivity contribution is -0.133. The molecule has 0 atom stereocenters. The first-order valence-corrected chi connectivity index (χ1v) is 6.10. The molecule has 0 N–H and O–H groups in total. The molecular formula is C14H10Cl2O2. The molecule has 2 aromatic carbocycles. The van der Waals surface area contributed by atoms with Crippen molar-refractivity contribution < 1.29 is 9.53 Å². The molecule has 0 radical (unpaired) electrons. The lowest BCUT2D eigenvalue weighted by Gasteiger charge is -2.05. The number of rotatable bonds is 3. The highest BCUT2D eigenvalue weighted by molar-refractivity contribution is 6.32. The van der Waals surface area contributed by atoms with Crippen LogP contribution in [0.5, 0.6) is 5.75 Å². The van der Waals surface area contributed by atoms with E-state index in [0.29, 0.717) is 15.8 Å². The van der Waals surface area contributed by atoms with E-state index in [2.05, 4.69) is 0 Å². The van der Waals surface area contributed by atoms with Crippen LogP contribution in [0.3, 0.4) is 0 Å². The molecule has 0 unspecified atom stereocenters. The molecule has 0 heterocycles. The second kappa shape index (κ2) is 5.89. The Balaban J connectivity index is 2.01. The van der Waals surface area contributed by atoms with Gasteiger partial charge in [0.2, 0.25) is 0 Å². The van der Waals surface area contributed by atoms with Gasteiger partial charge in [-0.25, -0.2) is 0 Å². The molecule has 18 heavy (non-hydrogen) atoms. The molecule has 92 valence electrons. The van der Waals surface area contributed by atoms with Gasteiger partial charge in [0.25, 0.3) is 0 Å².